The van der Waals surface area contributed by atoms with Gasteiger partial charge in [0.15, 0.2) is 0 Å². The number of nitrogens with one attached hydrogen (secondary N) is 1. The van der Waals surface area contributed by atoms with Gasteiger partial charge in [0.25, 0.3) is 5.92 Å². The van der Waals surface area contributed by atoms with Crippen molar-refractivity contribution in [2.24, 2.45) is 5.73 Å². The van der Waals surface area contributed by atoms with Crippen LogP contribution in [0.3, 0.4) is 0 Å². The fourth-order valence-corrected chi connectivity index (χ4v) is 2.09. The lowest BCUT2D eigenvalue weighted by atomic mass is 10.2. The Bertz CT molecular complexity index is 351. The predicted octanol–water partition coefficient (Wildman–Crippen LogP) is 1.86. The number of rotatable bonds is 1. The fourth-order valence-electron chi connectivity index (χ4n) is 2.09. The standard InChI is InChI=1S/C9H13F2N3O2.C3H8.C2H6/c10-9(11)3-6(12)14(4-9)8(16)5-1-2-7(15)13-5;1-3-2;1-2/h5-6H,1-4,12H2,(H,13,15);3H2,1-2H3;1-2H3. The van der Waals surface area contributed by atoms with E-state index in [2.05, 4.69) is 19.2 Å². The molecule has 21 heavy (non-hydrogen) atoms. The highest BCUT2D eigenvalue weighted by atomic mass is 19.3. The first kappa shape index (κ1) is 19.8. The number of carbonyl (C=O) groups excluding carboxylic acids is 2. The Labute approximate surface area is 125 Å². The number of nitrogens with two attached hydrogens (primary N) is 1. The Morgan fingerprint density at radius 1 is 1.43 bits per heavy atom. The van der Waals surface area contributed by atoms with Gasteiger partial charge < -0.3 is 16.0 Å². The van der Waals surface area contributed by atoms with Gasteiger partial charge in [-0.2, -0.15) is 0 Å². The van der Waals surface area contributed by atoms with Crippen LogP contribution >= 0.6 is 0 Å². The Morgan fingerprint density at radius 2 is 1.95 bits per heavy atom. The zero-order valence-corrected chi connectivity index (χ0v) is 13.3. The van der Waals surface area contributed by atoms with Crippen LogP contribution in [0.1, 0.15) is 53.4 Å². The number of nitrogens with zero attached hydrogens (tertiary/aromatic N) is 1. The summed E-state index contributed by atoms with van der Waals surface area (Å²) < 4.78 is 26.0. The lowest BCUT2D eigenvalue weighted by molar-refractivity contribution is -0.136. The van der Waals surface area contributed by atoms with E-state index < -0.39 is 37.0 Å². The molecule has 2 atom stereocenters. The van der Waals surface area contributed by atoms with Crippen molar-refractivity contribution >= 4 is 11.8 Å². The first-order valence-electron chi connectivity index (χ1n) is 7.54. The maximum Gasteiger partial charge on any atom is 0.268 e. The summed E-state index contributed by atoms with van der Waals surface area (Å²) >= 11 is 0. The van der Waals surface area contributed by atoms with E-state index in [0.29, 0.717) is 6.42 Å². The number of hydrogen-bond donors (Lipinski definition) is 2. The average molecular weight is 307 g/mol. The molecule has 3 N–H and O–H groups in total. The van der Waals surface area contributed by atoms with Gasteiger partial charge in [0.2, 0.25) is 11.8 Å². The van der Waals surface area contributed by atoms with Gasteiger partial charge in [0.05, 0.1) is 12.7 Å². The van der Waals surface area contributed by atoms with Gasteiger partial charge >= 0.3 is 0 Å². The first-order chi connectivity index (χ1) is 9.80. The number of alkyl halides is 2. The zero-order valence-electron chi connectivity index (χ0n) is 13.3. The molecule has 2 amide bonds. The summed E-state index contributed by atoms with van der Waals surface area (Å²) in [4.78, 5) is 23.7. The summed E-state index contributed by atoms with van der Waals surface area (Å²) in [6.07, 6.45) is 0.391. The first-order valence-corrected chi connectivity index (χ1v) is 7.54. The molecule has 7 heteroatoms. The Kier molecular flexibility index (Phi) is 8.39. The average Bonchev–Trinajstić information content (AvgIpc) is 2.95. The summed E-state index contributed by atoms with van der Waals surface area (Å²) in [5, 5.41) is 2.45. The summed E-state index contributed by atoms with van der Waals surface area (Å²) in [6.45, 7) is 7.60. The smallest absolute Gasteiger partial charge is 0.268 e. The largest absolute Gasteiger partial charge is 0.344 e. The zero-order chi connectivity index (χ0) is 16.6. The molecule has 0 bridgehead atoms. The van der Waals surface area contributed by atoms with Gasteiger partial charge in [0.1, 0.15) is 6.04 Å². The van der Waals surface area contributed by atoms with Crippen molar-refractivity contribution in [1.29, 1.82) is 0 Å². The molecular formula is C14H27F2N3O2. The fraction of sp³-hybridized carbons (Fsp3) is 0.857. The molecule has 0 aromatic rings. The highest BCUT2D eigenvalue weighted by Gasteiger charge is 2.47. The number of likely N-dealkylation sites (tertiary alicyclic amines) is 1. The van der Waals surface area contributed by atoms with E-state index >= 15 is 0 Å². The van der Waals surface area contributed by atoms with Crippen LogP contribution in [0.15, 0.2) is 0 Å². The van der Waals surface area contributed by atoms with Crippen molar-refractivity contribution in [3.05, 3.63) is 0 Å². The van der Waals surface area contributed by atoms with Crippen molar-refractivity contribution in [2.45, 2.75) is 71.5 Å². The molecule has 2 rings (SSSR count). The van der Waals surface area contributed by atoms with Crippen LogP contribution in [-0.4, -0.2) is 41.4 Å². The Balaban J connectivity index is 0.000000713. The third-order valence-corrected chi connectivity index (χ3v) is 2.89. The normalized spacial score (nSPS) is 26.2. The summed E-state index contributed by atoms with van der Waals surface area (Å²) in [5.74, 6) is -3.65. The molecule has 0 aliphatic carbocycles. The molecule has 0 saturated carbocycles. The van der Waals surface area contributed by atoms with Gasteiger partial charge in [-0.25, -0.2) is 8.78 Å². The molecule has 0 aromatic carbocycles. The predicted molar refractivity (Wildman–Crippen MR) is 77.7 cm³/mol. The molecule has 2 aliphatic heterocycles. The summed E-state index contributed by atoms with van der Waals surface area (Å²) in [6, 6.07) is -0.688. The van der Waals surface area contributed by atoms with Gasteiger partial charge in [-0.15, -0.1) is 0 Å². The quantitative estimate of drug-likeness (QED) is 0.776. The minimum Gasteiger partial charge on any atom is -0.344 e. The molecule has 2 saturated heterocycles. The van der Waals surface area contributed by atoms with Crippen molar-refractivity contribution in [2.75, 3.05) is 6.54 Å². The van der Waals surface area contributed by atoms with E-state index in [-0.39, 0.29) is 12.3 Å². The molecule has 2 fully saturated rings. The highest BCUT2D eigenvalue weighted by Crippen LogP contribution is 2.30. The third-order valence-electron chi connectivity index (χ3n) is 2.89. The lowest BCUT2D eigenvalue weighted by Crippen LogP contribution is -2.49. The molecule has 0 radical (unpaired) electrons. The van der Waals surface area contributed by atoms with E-state index in [0.717, 1.165) is 4.90 Å². The van der Waals surface area contributed by atoms with Crippen LogP contribution in [0.2, 0.25) is 0 Å². The minimum absolute atomic E-state index is 0.224. The Morgan fingerprint density at radius 3 is 2.29 bits per heavy atom. The monoisotopic (exact) mass is 307 g/mol. The number of halogens is 2. The van der Waals surface area contributed by atoms with E-state index in [4.69, 9.17) is 5.73 Å². The second-order valence-corrected chi connectivity index (χ2v) is 4.96. The summed E-state index contributed by atoms with van der Waals surface area (Å²) in [7, 11) is 0. The van der Waals surface area contributed by atoms with Crippen molar-refractivity contribution < 1.29 is 18.4 Å². The third kappa shape index (κ3) is 5.95. The van der Waals surface area contributed by atoms with Crippen molar-refractivity contribution in [3.8, 4) is 0 Å². The number of amides is 2. The van der Waals surface area contributed by atoms with Crippen LogP contribution in [0.25, 0.3) is 0 Å². The summed E-state index contributed by atoms with van der Waals surface area (Å²) in [5.41, 5.74) is 5.47. The van der Waals surface area contributed by atoms with Crippen LogP contribution in [-0.2, 0) is 9.59 Å². The second-order valence-electron chi connectivity index (χ2n) is 4.96. The Hall–Kier alpha value is -1.24. The number of carbonyl (C=O) groups is 2. The lowest BCUT2D eigenvalue weighted by Gasteiger charge is -2.23. The second kappa shape index (κ2) is 8.92. The molecule has 2 heterocycles. The van der Waals surface area contributed by atoms with Crippen LogP contribution in [0.4, 0.5) is 8.78 Å². The molecule has 0 aromatic heterocycles. The molecule has 0 spiro atoms. The minimum atomic E-state index is -2.92. The van der Waals surface area contributed by atoms with Gasteiger partial charge in [0, 0.05) is 12.8 Å². The molecule has 2 aliphatic rings. The SMILES string of the molecule is CC.CCC.NC1CC(F)(F)CN1C(=O)C1CCC(=O)N1. The van der Waals surface area contributed by atoms with Crippen molar-refractivity contribution in [1.82, 2.24) is 10.2 Å². The van der Waals surface area contributed by atoms with Gasteiger partial charge in [-0.05, 0) is 6.42 Å². The van der Waals surface area contributed by atoms with Crippen LogP contribution < -0.4 is 11.1 Å². The van der Waals surface area contributed by atoms with Gasteiger partial charge in [-0.3, -0.25) is 9.59 Å². The molecule has 5 nitrogen and oxygen atoms in total. The van der Waals surface area contributed by atoms with Crippen molar-refractivity contribution in [3.63, 3.8) is 0 Å². The maximum absolute atomic E-state index is 13.0. The van der Waals surface area contributed by atoms with E-state index in [1.165, 1.54) is 6.42 Å². The topological polar surface area (TPSA) is 75.4 Å². The van der Waals surface area contributed by atoms with E-state index in [1.54, 1.807) is 0 Å². The van der Waals surface area contributed by atoms with Gasteiger partial charge in [-0.1, -0.05) is 34.1 Å². The van der Waals surface area contributed by atoms with Crippen LogP contribution in [0, 0.1) is 0 Å². The molecule has 2 unspecified atom stereocenters. The maximum atomic E-state index is 13.0. The van der Waals surface area contributed by atoms with Crippen LogP contribution in [0.5, 0.6) is 0 Å². The van der Waals surface area contributed by atoms with E-state index in [9.17, 15) is 18.4 Å². The molecule has 124 valence electrons. The molecular weight excluding hydrogens is 280 g/mol. The number of hydrogen-bond acceptors (Lipinski definition) is 3. The highest BCUT2D eigenvalue weighted by molar-refractivity contribution is 5.91. The van der Waals surface area contributed by atoms with E-state index in [1.807, 2.05) is 13.8 Å².